The number of aryl methyl sites for hydroxylation is 1. The Morgan fingerprint density at radius 3 is 2.65 bits per heavy atom. The molecule has 5 heteroatoms. The highest BCUT2D eigenvalue weighted by Gasteiger charge is 2.12. The van der Waals surface area contributed by atoms with Crippen LogP contribution in [0.1, 0.15) is 35.7 Å². The number of rotatable bonds is 7. The topological polar surface area (TPSA) is 60.2 Å². The third kappa shape index (κ3) is 4.03. The first-order chi connectivity index (χ1) is 9.72. The van der Waals surface area contributed by atoms with Crippen LogP contribution in [0.5, 0.6) is 5.75 Å². The van der Waals surface area contributed by atoms with Crippen molar-refractivity contribution >= 4 is 11.3 Å². The second kappa shape index (κ2) is 7.38. The molecule has 0 aliphatic heterocycles. The van der Waals surface area contributed by atoms with Crippen molar-refractivity contribution in [1.82, 2.24) is 10.4 Å². The maximum Gasteiger partial charge on any atom is 0.119 e. The zero-order valence-electron chi connectivity index (χ0n) is 11.9. The Hall–Kier alpha value is -1.43. The van der Waals surface area contributed by atoms with Gasteiger partial charge in [0, 0.05) is 17.5 Å². The lowest BCUT2D eigenvalue weighted by Gasteiger charge is -2.15. The predicted molar refractivity (Wildman–Crippen MR) is 82.8 cm³/mol. The lowest BCUT2D eigenvalue weighted by Crippen LogP contribution is -2.29. The first-order valence-electron chi connectivity index (χ1n) is 6.82. The van der Waals surface area contributed by atoms with Gasteiger partial charge in [-0.3, -0.25) is 11.3 Å². The number of nitrogens with two attached hydrogens (primary N) is 1. The fourth-order valence-corrected chi connectivity index (χ4v) is 2.78. The number of benzene rings is 1. The predicted octanol–water partition coefficient (Wildman–Crippen LogP) is 2.99. The average molecular weight is 291 g/mol. The summed E-state index contributed by atoms with van der Waals surface area (Å²) < 4.78 is 5.58. The molecule has 1 unspecified atom stereocenters. The van der Waals surface area contributed by atoms with Gasteiger partial charge in [0.1, 0.15) is 5.75 Å². The Kier molecular flexibility index (Phi) is 5.52. The fourth-order valence-electron chi connectivity index (χ4n) is 1.96. The molecular weight excluding hydrogens is 270 g/mol. The van der Waals surface area contributed by atoms with Crippen LogP contribution in [0.4, 0.5) is 0 Å². The van der Waals surface area contributed by atoms with E-state index in [0.717, 1.165) is 41.5 Å². The molecule has 0 saturated heterocycles. The molecule has 2 aromatic rings. The van der Waals surface area contributed by atoms with Crippen molar-refractivity contribution in [3.8, 4) is 5.75 Å². The third-order valence-electron chi connectivity index (χ3n) is 3.00. The third-order valence-corrected chi connectivity index (χ3v) is 3.99. The standard InChI is InChI=1S/C15H21N3OS/c1-3-8-19-13-6-4-12(5-7-13)14(18-16)9-15-17-11(2)10-20-15/h4-7,10,14,18H,3,8-9,16H2,1-2H3. The zero-order chi connectivity index (χ0) is 14.4. The van der Waals surface area contributed by atoms with Gasteiger partial charge in [-0.2, -0.15) is 0 Å². The summed E-state index contributed by atoms with van der Waals surface area (Å²) in [5.74, 6) is 6.57. The van der Waals surface area contributed by atoms with E-state index < -0.39 is 0 Å². The van der Waals surface area contributed by atoms with Crippen LogP contribution in [0.2, 0.25) is 0 Å². The number of aromatic nitrogens is 1. The van der Waals surface area contributed by atoms with Gasteiger partial charge in [-0.15, -0.1) is 11.3 Å². The van der Waals surface area contributed by atoms with Crippen molar-refractivity contribution in [3.05, 3.63) is 45.9 Å². The van der Waals surface area contributed by atoms with Gasteiger partial charge in [-0.25, -0.2) is 4.98 Å². The minimum Gasteiger partial charge on any atom is -0.494 e. The average Bonchev–Trinajstić information content (AvgIpc) is 2.88. The number of ether oxygens (including phenoxy) is 1. The number of nitrogens with one attached hydrogen (secondary N) is 1. The van der Waals surface area contributed by atoms with E-state index in [4.69, 9.17) is 10.6 Å². The summed E-state index contributed by atoms with van der Waals surface area (Å²) >= 11 is 1.67. The molecule has 0 aliphatic rings. The van der Waals surface area contributed by atoms with E-state index in [1.807, 2.05) is 19.1 Å². The van der Waals surface area contributed by atoms with E-state index in [-0.39, 0.29) is 6.04 Å². The second-order valence-corrected chi connectivity index (χ2v) is 5.67. The molecule has 0 saturated carbocycles. The molecule has 20 heavy (non-hydrogen) atoms. The van der Waals surface area contributed by atoms with Gasteiger partial charge >= 0.3 is 0 Å². The molecule has 1 atom stereocenters. The second-order valence-electron chi connectivity index (χ2n) is 4.72. The fraction of sp³-hybridized carbons (Fsp3) is 0.400. The van der Waals surface area contributed by atoms with Gasteiger partial charge in [-0.05, 0) is 31.0 Å². The number of hydrazine groups is 1. The monoisotopic (exact) mass is 291 g/mol. The van der Waals surface area contributed by atoms with E-state index in [1.165, 1.54) is 0 Å². The normalized spacial score (nSPS) is 12.3. The van der Waals surface area contributed by atoms with Crippen LogP contribution in [0.3, 0.4) is 0 Å². The summed E-state index contributed by atoms with van der Waals surface area (Å²) in [5.41, 5.74) is 5.07. The lowest BCUT2D eigenvalue weighted by atomic mass is 10.0. The van der Waals surface area contributed by atoms with E-state index in [2.05, 4.69) is 34.8 Å². The number of nitrogens with zero attached hydrogens (tertiary/aromatic N) is 1. The van der Waals surface area contributed by atoms with Crippen molar-refractivity contribution in [2.24, 2.45) is 5.84 Å². The highest BCUT2D eigenvalue weighted by Crippen LogP contribution is 2.22. The highest BCUT2D eigenvalue weighted by molar-refractivity contribution is 7.09. The Morgan fingerprint density at radius 2 is 2.10 bits per heavy atom. The van der Waals surface area contributed by atoms with E-state index >= 15 is 0 Å². The van der Waals surface area contributed by atoms with Crippen LogP contribution >= 0.6 is 11.3 Å². The highest BCUT2D eigenvalue weighted by atomic mass is 32.1. The Bertz CT molecular complexity index is 524. The molecule has 0 bridgehead atoms. The molecule has 1 heterocycles. The molecule has 2 rings (SSSR count). The molecule has 0 amide bonds. The minimum atomic E-state index is 0.0702. The molecule has 0 fully saturated rings. The molecule has 3 N–H and O–H groups in total. The first-order valence-corrected chi connectivity index (χ1v) is 7.70. The summed E-state index contributed by atoms with van der Waals surface area (Å²) in [4.78, 5) is 4.48. The van der Waals surface area contributed by atoms with Gasteiger partial charge in [0.25, 0.3) is 0 Å². The van der Waals surface area contributed by atoms with Gasteiger partial charge in [0.05, 0.1) is 17.7 Å². The van der Waals surface area contributed by atoms with Crippen LogP contribution in [-0.4, -0.2) is 11.6 Å². The first kappa shape index (κ1) is 15.0. The molecule has 0 spiro atoms. The smallest absolute Gasteiger partial charge is 0.119 e. The number of hydrogen-bond acceptors (Lipinski definition) is 5. The van der Waals surface area contributed by atoms with Crippen LogP contribution in [0, 0.1) is 6.92 Å². The Balaban J connectivity index is 2.03. The van der Waals surface area contributed by atoms with Crippen molar-refractivity contribution < 1.29 is 4.74 Å². The van der Waals surface area contributed by atoms with Crippen LogP contribution in [-0.2, 0) is 6.42 Å². The summed E-state index contributed by atoms with van der Waals surface area (Å²) in [5, 5.41) is 3.15. The molecular formula is C15H21N3OS. The molecule has 0 aliphatic carbocycles. The van der Waals surface area contributed by atoms with Gasteiger partial charge < -0.3 is 4.74 Å². The summed E-state index contributed by atoms with van der Waals surface area (Å²) in [6, 6.07) is 8.15. The van der Waals surface area contributed by atoms with Gasteiger partial charge in [0.15, 0.2) is 0 Å². The Labute approximate surface area is 124 Å². The summed E-state index contributed by atoms with van der Waals surface area (Å²) in [6.07, 6.45) is 1.81. The van der Waals surface area contributed by atoms with Crippen LogP contribution < -0.4 is 16.0 Å². The molecule has 0 radical (unpaired) electrons. The van der Waals surface area contributed by atoms with E-state index in [9.17, 15) is 0 Å². The SMILES string of the molecule is CCCOc1ccc(C(Cc2nc(C)cs2)NN)cc1. The van der Waals surface area contributed by atoms with Crippen molar-refractivity contribution in [2.75, 3.05) is 6.61 Å². The molecule has 4 nitrogen and oxygen atoms in total. The summed E-state index contributed by atoms with van der Waals surface area (Å²) in [6.45, 7) is 4.85. The Morgan fingerprint density at radius 1 is 1.35 bits per heavy atom. The van der Waals surface area contributed by atoms with Crippen molar-refractivity contribution in [1.29, 1.82) is 0 Å². The van der Waals surface area contributed by atoms with Crippen LogP contribution in [0.15, 0.2) is 29.6 Å². The largest absolute Gasteiger partial charge is 0.494 e. The molecule has 1 aromatic heterocycles. The van der Waals surface area contributed by atoms with Crippen molar-refractivity contribution in [3.63, 3.8) is 0 Å². The molecule has 108 valence electrons. The quantitative estimate of drug-likeness (QED) is 0.608. The lowest BCUT2D eigenvalue weighted by molar-refractivity contribution is 0.317. The summed E-state index contributed by atoms with van der Waals surface area (Å²) in [7, 11) is 0. The van der Waals surface area contributed by atoms with E-state index in [0.29, 0.717) is 0 Å². The van der Waals surface area contributed by atoms with E-state index in [1.54, 1.807) is 11.3 Å². The van der Waals surface area contributed by atoms with Crippen LogP contribution in [0.25, 0.3) is 0 Å². The van der Waals surface area contributed by atoms with Gasteiger partial charge in [-0.1, -0.05) is 19.1 Å². The minimum absolute atomic E-state index is 0.0702. The maximum absolute atomic E-state index is 5.67. The van der Waals surface area contributed by atoms with Gasteiger partial charge in [0.2, 0.25) is 0 Å². The molecule has 1 aromatic carbocycles. The number of thiazole rings is 1. The zero-order valence-corrected chi connectivity index (χ0v) is 12.7. The number of hydrogen-bond donors (Lipinski definition) is 2. The maximum atomic E-state index is 5.67. The van der Waals surface area contributed by atoms with Crippen molar-refractivity contribution in [2.45, 2.75) is 32.7 Å².